The second-order valence-electron chi connectivity index (χ2n) is 4.65. The standard InChI is InChI=1S/C15H16N4O3/c1-10-7-13(20)12(9-19-10)15(22)18-6-5-17-14(21)11-3-2-4-16-8-11/h2-4,7-9H,5-6H2,1H3,(H,17,21)(H,18,22)(H,19,20). The first-order chi connectivity index (χ1) is 10.6. The number of nitrogens with one attached hydrogen (secondary N) is 3. The van der Waals surface area contributed by atoms with E-state index in [0.717, 1.165) is 0 Å². The maximum absolute atomic E-state index is 11.8. The molecule has 0 bridgehead atoms. The van der Waals surface area contributed by atoms with E-state index in [1.54, 1.807) is 25.3 Å². The van der Waals surface area contributed by atoms with Gasteiger partial charge in [-0.15, -0.1) is 0 Å². The van der Waals surface area contributed by atoms with Crippen LogP contribution in [0.1, 0.15) is 26.4 Å². The molecule has 7 nitrogen and oxygen atoms in total. The summed E-state index contributed by atoms with van der Waals surface area (Å²) in [5.74, 6) is -0.743. The molecule has 2 aromatic rings. The van der Waals surface area contributed by atoms with Gasteiger partial charge in [0.2, 0.25) is 0 Å². The van der Waals surface area contributed by atoms with Crippen LogP contribution >= 0.6 is 0 Å². The summed E-state index contributed by atoms with van der Waals surface area (Å²) in [6, 6.07) is 4.67. The van der Waals surface area contributed by atoms with Gasteiger partial charge in [-0.3, -0.25) is 19.4 Å². The van der Waals surface area contributed by atoms with Gasteiger partial charge in [0, 0.05) is 43.4 Å². The third-order valence-corrected chi connectivity index (χ3v) is 2.92. The van der Waals surface area contributed by atoms with Crippen molar-refractivity contribution in [2.45, 2.75) is 6.92 Å². The monoisotopic (exact) mass is 300 g/mol. The van der Waals surface area contributed by atoms with Crippen molar-refractivity contribution in [1.29, 1.82) is 0 Å². The Morgan fingerprint density at radius 3 is 2.59 bits per heavy atom. The van der Waals surface area contributed by atoms with Crippen LogP contribution in [0, 0.1) is 6.92 Å². The minimum atomic E-state index is -0.475. The molecule has 22 heavy (non-hydrogen) atoms. The highest BCUT2D eigenvalue weighted by Gasteiger charge is 2.10. The molecule has 0 atom stereocenters. The normalized spacial score (nSPS) is 10.0. The summed E-state index contributed by atoms with van der Waals surface area (Å²) in [5, 5.41) is 5.23. The third-order valence-electron chi connectivity index (χ3n) is 2.92. The highest BCUT2D eigenvalue weighted by Crippen LogP contribution is 1.94. The number of nitrogens with zero attached hydrogens (tertiary/aromatic N) is 1. The van der Waals surface area contributed by atoms with Gasteiger partial charge in [0.25, 0.3) is 11.8 Å². The van der Waals surface area contributed by atoms with Crippen molar-refractivity contribution in [3.8, 4) is 0 Å². The molecule has 7 heteroatoms. The molecule has 0 aliphatic carbocycles. The maximum atomic E-state index is 11.8. The summed E-state index contributed by atoms with van der Waals surface area (Å²) < 4.78 is 0. The van der Waals surface area contributed by atoms with Crippen LogP contribution in [0.4, 0.5) is 0 Å². The van der Waals surface area contributed by atoms with Gasteiger partial charge >= 0.3 is 0 Å². The fourth-order valence-electron chi connectivity index (χ4n) is 1.80. The van der Waals surface area contributed by atoms with Crippen LogP contribution in [0.25, 0.3) is 0 Å². The Hall–Kier alpha value is -2.96. The second-order valence-corrected chi connectivity index (χ2v) is 4.65. The number of aromatic nitrogens is 2. The van der Waals surface area contributed by atoms with Crippen LogP contribution in [0.3, 0.4) is 0 Å². The lowest BCUT2D eigenvalue weighted by atomic mass is 10.2. The number of aromatic amines is 1. The lowest BCUT2D eigenvalue weighted by Crippen LogP contribution is -2.36. The Labute approximate surface area is 126 Å². The number of pyridine rings is 2. The maximum Gasteiger partial charge on any atom is 0.256 e. The number of amides is 2. The van der Waals surface area contributed by atoms with Gasteiger partial charge in [0.05, 0.1) is 5.56 Å². The van der Waals surface area contributed by atoms with Crippen LogP contribution in [-0.2, 0) is 0 Å². The van der Waals surface area contributed by atoms with E-state index in [9.17, 15) is 14.4 Å². The number of hydrogen-bond donors (Lipinski definition) is 3. The molecule has 0 unspecified atom stereocenters. The summed E-state index contributed by atoms with van der Waals surface area (Å²) in [7, 11) is 0. The van der Waals surface area contributed by atoms with Gasteiger partial charge in [-0.05, 0) is 19.1 Å². The smallest absolute Gasteiger partial charge is 0.256 e. The summed E-state index contributed by atoms with van der Waals surface area (Å²) in [5.41, 5.74) is 0.839. The highest BCUT2D eigenvalue weighted by molar-refractivity contribution is 5.94. The predicted molar refractivity (Wildman–Crippen MR) is 80.7 cm³/mol. The van der Waals surface area contributed by atoms with Gasteiger partial charge < -0.3 is 15.6 Å². The molecule has 0 spiro atoms. The van der Waals surface area contributed by atoms with Crippen LogP contribution < -0.4 is 16.1 Å². The summed E-state index contributed by atoms with van der Waals surface area (Å²) in [4.78, 5) is 41.9. The van der Waals surface area contributed by atoms with Crippen LogP contribution in [0.15, 0.2) is 41.6 Å². The van der Waals surface area contributed by atoms with Crippen LogP contribution in [0.2, 0.25) is 0 Å². The summed E-state index contributed by atoms with van der Waals surface area (Å²) >= 11 is 0. The highest BCUT2D eigenvalue weighted by atomic mass is 16.2. The first kappa shape index (κ1) is 15.4. The molecule has 2 amide bonds. The average Bonchev–Trinajstić information content (AvgIpc) is 2.52. The Morgan fingerprint density at radius 2 is 1.95 bits per heavy atom. The first-order valence-electron chi connectivity index (χ1n) is 6.73. The summed E-state index contributed by atoms with van der Waals surface area (Å²) in [6.07, 6.45) is 4.41. The zero-order valence-corrected chi connectivity index (χ0v) is 12.1. The Bertz CT molecular complexity index is 725. The molecule has 2 rings (SSSR count). The Balaban J connectivity index is 1.80. The molecule has 0 aliphatic heterocycles. The quantitative estimate of drug-likeness (QED) is 0.688. The SMILES string of the molecule is Cc1cc(=O)c(C(=O)NCCNC(=O)c2cccnc2)c[nH]1. The first-order valence-corrected chi connectivity index (χ1v) is 6.73. The number of carbonyl (C=O) groups excluding carboxylic acids is 2. The molecule has 0 saturated heterocycles. The minimum Gasteiger partial charge on any atom is -0.364 e. The van der Waals surface area contributed by atoms with E-state index < -0.39 is 5.91 Å². The van der Waals surface area contributed by atoms with Gasteiger partial charge in [0.15, 0.2) is 5.43 Å². The Morgan fingerprint density at radius 1 is 1.23 bits per heavy atom. The second kappa shape index (κ2) is 7.16. The zero-order valence-electron chi connectivity index (χ0n) is 12.1. The third kappa shape index (κ3) is 4.02. The molecule has 0 fully saturated rings. The number of carbonyl (C=O) groups is 2. The van der Waals surface area contributed by atoms with Gasteiger partial charge in [0.1, 0.15) is 5.56 Å². The van der Waals surface area contributed by atoms with E-state index in [1.165, 1.54) is 18.5 Å². The summed E-state index contributed by atoms with van der Waals surface area (Å²) in [6.45, 7) is 2.21. The predicted octanol–water partition coefficient (Wildman–Crippen LogP) is 0.238. The molecular formula is C15H16N4O3. The van der Waals surface area contributed by atoms with Crippen molar-refractivity contribution >= 4 is 11.8 Å². The van der Waals surface area contributed by atoms with Gasteiger partial charge in [-0.1, -0.05) is 0 Å². The number of H-pyrrole nitrogens is 1. The molecule has 2 aromatic heterocycles. The van der Waals surface area contributed by atoms with Crippen molar-refractivity contribution in [1.82, 2.24) is 20.6 Å². The topological polar surface area (TPSA) is 104 Å². The van der Waals surface area contributed by atoms with E-state index in [1.807, 2.05) is 0 Å². The fourth-order valence-corrected chi connectivity index (χ4v) is 1.80. The molecule has 114 valence electrons. The molecule has 0 aromatic carbocycles. The van der Waals surface area contributed by atoms with E-state index >= 15 is 0 Å². The van der Waals surface area contributed by atoms with Gasteiger partial charge in [-0.2, -0.15) is 0 Å². The largest absolute Gasteiger partial charge is 0.364 e. The van der Waals surface area contributed by atoms with E-state index in [0.29, 0.717) is 11.3 Å². The number of hydrogen-bond acceptors (Lipinski definition) is 4. The molecule has 0 aliphatic rings. The molecule has 0 saturated carbocycles. The minimum absolute atomic E-state index is 0.0455. The molecular weight excluding hydrogens is 284 g/mol. The van der Waals surface area contributed by atoms with Crippen molar-refractivity contribution < 1.29 is 9.59 Å². The van der Waals surface area contributed by atoms with Crippen LogP contribution in [-0.4, -0.2) is 34.9 Å². The molecule has 0 radical (unpaired) electrons. The van der Waals surface area contributed by atoms with Gasteiger partial charge in [-0.25, -0.2) is 0 Å². The van der Waals surface area contributed by atoms with Crippen molar-refractivity contribution in [3.05, 3.63) is 63.8 Å². The average molecular weight is 300 g/mol. The zero-order chi connectivity index (χ0) is 15.9. The number of aryl methyl sites for hydroxylation is 1. The van der Waals surface area contributed by atoms with Crippen molar-refractivity contribution in [2.24, 2.45) is 0 Å². The van der Waals surface area contributed by atoms with Crippen LogP contribution in [0.5, 0.6) is 0 Å². The van der Waals surface area contributed by atoms with Crippen molar-refractivity contribution in [2.75, 3.05) is 13.1 Å². The van der Waals surface area contributed by atoms with E-state index in [2.05, 4.69) is 20.6 Å². The fraction of sp³-hybridized carbons (Fsp3) is 0.200. The molecule has 2 heterocycles. The molecule has 3 N–H and O–H groups in total. The lowest BCUT2D eigenvalue weighted by molar-refractivity contribution is 0.0926. The lowest BCUT2D eigenvalue weighted by Gasteiger charge is -2.07. The number of rotatable bonds is 5. The Kier molecular flexibility index (Phi) is 5.02. The van der Waals surface area contributed by atoms with E-state index in [4.69, 9.17) is 0 Å². The van der Waals surface area contributed by atoms with E-state index in [-0.39, 0.29) is 30.0 Å². The van der Waals surface area contributed by atoms with Crippen molar-refractivity contribution in [3.63, 3.8) is 0 Å².